The van der Waals surface area contributed by atoms with Crippen LogP contribution in [0.4, 0.5) is 0 Å². The molecule has 1 aromatic rings. The summed E-state index contributed by atoms with van der Waals surface area (Å²) in [5.41, 5.74) is 0.889. The van der Waals surface area contributed by atoms with Gasteiger partial charge in [0.2, 0.25) is 5.91 Å². The molecule has 1 aliphatic heterocycles. The van der Waals surface area contributed by atoms with Crippen LogP contribution in [0.2, 0.25) is 0 Å². The number of carbonyl (C=O) groups is 1. The Labute approximate surface area is 82.5 Å². The van der Waals surface area contributed by atoms with Crippen LogP contribution in [-0.2, 0) is 18.4 Å². The minimum atomic E-state index is 0.0127. The molecular formula is C9H14N4O. The molecule has 2 rings (SSSR count). The zero-order valence-corrected chi connectivity index (χ0v) is 8.16. The SMILES string of the molecule is Cn1ccc(CNC(=O)C2CCN2)n1. The lowest BCUT2D eigenvalue weighted by molar-refractivity contribution is -0.124. The topological polar surface area (TPSA) is 59.0 Å². The lowest BCUT2D eigenvalue weighted by Gasteiger charge is -2.25. The summed E-state index contributed by atoms with van der Waals surface area (Å²) in [6.07, 6.45) is 2.80. The van der Waals surface area contributed by atoms with Gasteiger partial charge >= 0.3 is 0 Å². The van der Waals surface area contributed by atoms with Gasteiger partial charge in [-0.1, -0.05) is 0 Å². The molecule has 5 heteroatoms. The Morgan fingerprint density at radius 2 is 2.64 bits per heavy atom. The molecule has 0 aromatic carbocycles. The minimum Gasteiger partial charge on any atom is -0.349 e. The van der Waals surface area contributed by atoms with Gasteiger partial charge in [-0.2, -0.15) is 5.10 Å². The third kappa shape index (κ3) is 1.93. The Kier molecular flexibility index (Phi) is 2.49. The number of aromatic nitrogens is 2. The lowest BCUT2D eigenvalue weighted by atomic mass is 10.1. The fourth-order valence-corrected chi connectivity index (χ4v) is 1.37. The maximum atomic E-state index is 11.4. The first-order valence-electron chi connectivity index (χ1n) is 4.75. The predicted molar refractivity (Wildman–Crippen MR) is 51.5 cm³/mol. The summed E-state index contributed by atoms with van der Waals surface area (Å²) < 4.78 is 1.73. The zero-order chi connectivity index (χ0) is 9.97. The van der Waals surface area contributed by atoms with E-state index in [1.807, 2.05) is 19.3 Å². The molecule has 1 atom stereocenters. The third-order valence-corrected chi connectivity index (χ3v) is 2.35. The average Bonchev–Trinajstić information content (AvgIpc) is 2.45. The Balaban J connectivity index is 1.79. The number of rotatable bonds is 3. The van der Waals surface area contributed by atoms with Crippen molar-refractivity contribution in [2.45, 2.75) is 19.0 Å². The monoisotopic (exact) mass is 194 g/mol. The Bertz CT molecular complexity index is 329. The molecule has 1 aliphatic rings. The Hall–Kier alpha value is -1.36. The van der Waals surface area contributed by atoms with Gasteiger partial charge in [0.15, 0.2) is 0 Å². The van der Waals surface area contributed by atoms with Crippen molar-refractivity contribution in [3.63, 3.8) is 0 Å². The van der Waals surface area contributed by atoms with Crippen molar-refractivity contribution in [1.29, 1.82) is 0 Å². The van der Waals surface area contributed by atoms with Crippen molar-refractivity contribution in [3.8, 4) is 0 Å². The molecule has 2 N–H and O–H groups in total. The molecule has 1 saturated heterocycles. The number of hydrogen-bond donors (Lipinski definition) is 2. The molecule has 0 bridgehead atoms. The van der Waals surface area contributed by atoms with Crippen LogP contribution < -0.4 is 10.6 Å². The van der Waals surface area contributed by atoms with E-state index in [-0.39, 0.29) is 11.9 Å². The quantitative estimate of drug-likeness (QED) is 0.675. The van der Waals surface area contributed by atoms with Crippen molar-refractivity contribution >= 4 is 5.91 Å². The highest BCUT2D eigenvalue weighted by Crippen LogP contribution is 2.01. The average molecular weight is 194 g/mol. The molecule has 0 saturated carbocycles. The molecule has 1 amide bonds. The molecule has 1 aromatic heterocycles. The van der Waals surface area contributed by atoms with Crippen molar-refractivity contribution in [1.82, 2.24) is 20.4 Å². The van der Waals surface area contributed by atoms with E-state index < -0.39 is 0 Å². The van der Waals surface area contributed by atoms with Gasteiger partial charge in [-0.25, -0.2) is 0 Å². The van der Waals surface area contributed by atoms with E-state index in [1.54, 1.807) is 4.68 Å². The summed E-state index contributed by atoms with van der Waals surface area (Å²) in [5, 5.41) is 10.1. The van der Waals surface area contributed by atoms with Gasteiger partial charge < -0.3 is 10.6 Å². The van der Waals surface area contributed by atoms with Crippen LogP contribution >= 0.6 is 0 Å². The van der Waals surface area contributed by atoms with Gasteiger partial charge in [0.05, 0.1) is 18.3 Å². The maximum Gasteiger partial charge on any atom is 0.237 e. The van der Waals surface area contributed by atoms with Crippen molar-refractivity contribution in [3.05, 3.63) is 18.0 Å². The zero-order valence-electron chi connectivity index (χ0n) is 8.16. The molecular weight excluding hydrogens is 180 g/mol. The van der Waals surface area contributed by atoms with E-state index in [0.717, 1.165) is 18.7 Å². The Morgan fingerprint density at radius 3 is 3.14 bits per heavy atom. The largest absolute Gasteiger partial charge is 0.349 e. The molecule has 0 aliphatic carbocycles. The van der Waals surface area contributed by atoms with Crippen LogP contribution in [0.15, 0.2) is 12.3 Å². The van der Waals surface area contributed by atoms with Gasteiger partial charge in [0, 0.05) is 13.2 Å². The summed E-state index contributed by atoms with van der Waals surface area (Å²) in [6, 6.07) is 1.91. The van der Waals surface area contributed by atoms with Crippen LogP contribution in [0.5, 0.6) is 0 Å². The molecule has 76 valence electrons. The number of carbonyl (C=O) groups excluding carboxylic acids is 1. The first-order chi connectivity index (χ1) is 6.75. The number of nitrogens with one attached hydrogen (secondary N) is 2. The number of aryl methyl sites for hydroxylation is 1. The summed E-state index contributed by atoms with van der Waals surface area (Å²) in [4.78, 5) is 11.4. The molecule has 1 fully saturated rings. The van der Waals surface area contributed by atoms with Gasteiger partial charge in [-0.15, -0.1) is 0 Å². The lowest BCUT2D eigenvalue weighted by Crippen LogP contribution is -2.52. The van der Waals surface area contributed by atoms with Crippen LogP contribution in [-0.4, -0.2) is 28.3 Å². The number of hydrogen-bond acceptors (Lipinski definition) is 3. The molecule has 14 heavy (non-hydrogen) atoms. The smallest absolute Gasteiger partial charge is 0.237 e. The highest BCUT2D eigenvalue weighted by molar-refractivity contribution is 5.82. The molecule has 2 heterocycles. The normalized spacial score (nSPS) is 20.2. The van der Waals surface area contributed by atoms with E-state index in [9.17, 15) is 4.79 Å². The maximum absolute atomic E-state index is 11.4. The van der Waals surface area contributed by atoms with Gasteiger partial charge in [0.25, 0.3) is 0 Å². The predicted octanol–water partition coefficient (Wildman–Crippen LogP) is -0.602. The van der Waals surface area contributed by atoms with Crippen molar-refractivity contribution in [2.75, 3.05) is 6.54 Å². The highest BCUT2D eigenvalue weighted by Gasteiger charge is 2.23. The van der Waals surface area contributed by atoms with E-state index in [1.165, 1.54) is 0 Å². The second-order valence-corrected chi connectivity index (χ2v) is 3.49. The van der Waals surface area contributed by atoms with Crippen LogP contribution in [0.3, 0.4) is 0 Å². The van der Waals surface area contributed by atoms with Crippen LogP contribution in [0, 0.1) is 0 Å². The molecule has 1 unspecified atom stereocenters. The van der Waals surface area contributed by atoms with Crippen molar-refractivity contribution < 1.29 is 4.79 Å². The first-order valence-corrected chi connectivity index (χ1v) is 4.75. The fraction of sp³-hybridized carbons (Fsp3) is 0.556. The summed E-state index contributed by atoms with van der Waals surface area (Å²) in [6.45, 7) is 1.46. The summed E-state index contributed by atoms with van der Waals surface area (Å²) in [5.74, 6) is 0.0712. The molecule has 5 nitrogen and oxygen atoms in total. The van der Waals surface area contributed by atoms with E-state index >= 15 is 0 Å². The van der Waals surface area contributed by atoms with Crippen LogP contribution in [0.25, 0.3) is 0 Å². The second-order valence-electron chi connectivity index (χ2n) is 3.49. The molecule has 0 radical (unpaired) electrons. The van der Waals surface area contributed by atoms with E-state index in [4.69, 9.17) is 0 Å². The summed E-state index contributed by atoms with van der Waals surface area (Å²) >= 11 is 0. The van der Waals surface area contributed by atoms with Crippen LogP contribution in [0.1, 0.15) is 12.1 Å². The second kappa shape index (κ2) is 3.79. The number of amides is 1. The standard InChI is InChI=1S/C9H14N4O/c1-13-5-3-7(12-13)6-11-9(14)8-2-4-10-8/h3,5,8,10H,2,4,6H2,1H3,(H,11,14). The summed E-state index contributed by atoms with van der Waals surface area (Å²) in [7, 11) is 1.86. The molecule has 0 spiro atoms. The minimum absolute atomic E-state index is 0.0127. The highest BCUT2D eigenvalue weighted by atomic mass is 16.2. The van der Waals surface area contributed by atoms with Crippen molar-refractivity contribution in [2.24, 2.45) is 7.05 Å². The van der Waals surface area contributed by atoms with Gasteiger partial charge in [-0.05, 0) is 19.0 Å². The Morgan fingerprint density at radius 1 is 1.86 bits per heavy atom. The first kappa shape index (κ1) is 9.21. The van der Waals surface area contributed by atoms with E-state index in [2.05, 4.69) is 15.7 Å². The number of nitrogens with zero attached hydrogens (tertiary/aromatic N) is 2. The third-order valence-electron chi connectivity index (χ3n) is 2.35. The fourth-order valence-electron chi connectivity index (χ4n) is 1.37. The van der Waals surface area contributed by atoms with Gasteiger partial charge in [0.1, 0.15) is 0 Å². The van der Waals surface area contributed by atoms with Gasteiger partial charge in [-0.3, -0.25) is 9.48 Å². The van der Waals surface area contributed by atoms with E-state index in [0.29, 0.717) is 6.54 Å².